The Morgan fingerprint density at radius 1 is 1.20 bits per heavy atom. The molecule has 0 bridgehead atoms. The number of halogens is 1. The molecule has 1 aromatic heterocycles. The number of fused-ring (bicyclic) bond motifs is 1. The van der Waals surface area contributed by atoms with E-state index in [-0.39, 0.29) is 17.9 Å². The molecule has 2 amide bonds. The number of likely N-dealkylation sites (tertiary alicyclic amines) is 1. The van der Waals surface area contributed by atoms with Crippen LogP contribution in [0.3, 0.4) is 0 Å². The number of carbonyl (C=O) groups excluding carboxylic acids is 2. The molecule has 0 saturated carbocycles. The van der Waals surface area contributed by atoms with E-state index in [0.717, 1.165) is 17.3 Å². The lowest BCUT2D eigenvalue weighted by molar-refractivity contribution is -0.111. The quantitative estimate of drug-likeness (QED) is 0.613. The minimum Gasteiger partial charge on any atom is -0.350 e. The van der Waals surface area contributed by atoms with E-state index >= 15 is 0 Å². The normalized spacial score (nSPS) is 15.8. The monoisotopic (exact) mass is 421 g/mol. The number of hydrogen-bond acceptors (Lipinski definition) is 5. The highest BCUT2D eigenvalue weighted by Crippen LogP contribution is 2.21. The van der Waals surface area contributed by atoms with Crippen LogP contribution in [0.4, 0.5) is 11.6 Å². The maximum atomic E-state index is 12.8. The van der Waals surface area contributed by atoms with Gasteiger partial charge >= 0.3 is 0 Å². The smallest absolute Gasteiger partial charge is 0.253 e. The molecule has 1 atom stereocenters. The standard InChI is InChI=1S/C22H20ClN5O2/c1-2-20(29)25-17-7-4-14(5-8-17)21(30)28-10-9-18(13-28)26-22-24-12-15-3-6-16(23)11-19(15)27-22/h2-8,11-12,18H,1,9-10,13H2,(H,25,29)(H,24,26,27)/t18-/m1/s1. The molecule has 1 fully saturated rings. The Balaban J connectivity index is 1.38. The Morgan fingerprint density at radius 2 is 2.00 bits per heavy atom. The summed E-state index contributed by atoms with van der Waals surface area (Å²) in [7, 11) is 0. The average Bonchev–Trinajstić information content (AvgIpc) is 3.22. The van der Waals surface area contributed by atoms with Crippen molar-refractivity contribution in [2.45, 2.75) is 12.5 Å². The summed E-state index contributed by atoms with van der Waals surface area (Å²) in [6, 6.07) is 12.4. The molecular weight excluding hydrogens is 402 g/mol. The van der Waals surface area contributed by atoms with E-state index in [1.807, 2.05) is 6.07 Å². The van der Waals surface area contributed by atoms with E-state index in [1.165, 1.54) is 6.08 Å². The lowest BCUT2D eigenvalue weighted by atomic mass is 10.2. The van der Waals surface area contributed by atoms with Gasteiger partial charge in [0.05, 0.1) is 5.52 Å². The Morgan fingerprint density at radius 3 is 2.77 bits per heavy atom. The Labute approximate surface area is 178 Å². The highest BCUT2D eigenvalue weighted by Gasteiger charge is 2.27. The maximum Gasteiger partial charge on any atom is 0.253 e. The Bertz CT molecular complexity index is 1120. The van der Waals surface area contributed by atoms with Gasteiger partial charge in [-0.25, -0.2) is 9.97 Å². The van der Waals surface area contributed by atoms with E-state index in [0.29, 0.717) is 35.3 Å². The molecule has 0 spiro atoms. The van der Waals surface area contributed by atoms with Gasteiger partial charge in [0.15, 0.2) is 0 Å². The van der Waals surface area contributed by atoms with Crippen LogP contribution >= 0.6 is 11.6 Å². The first kappa shape index (κ1) is 19.8. The van der Waals surface area contributed by atoms with Crippen LogP contribution in [0.15, 0.2) is 61.3 Å². The average molecular weight is 422 g/mol. The van der Waals surface area contributed by atoms with Gasteiger partial charge in [-0.3, -0.25) is 9.59 Å². The van der Waals surface area contributed by atoms with Gasteiger partial charge in [-0.2, -0.15) is 0 Å². The van der Waals surface area contributed by atoms with E-state index in [4.69, 9.17) is 11.6 Å². The van der Waals surface area contributed by atoms with Crippen molar-refractivity contribution in [2.24, 2.45) is 0 Å². The van der Waals surface area contributed by atoms with Crippen molar-refractivity contribution >= 4 is 46.0 Å². The molecule has 4 rings (SSSR count). The number of nitrogens with zero attached hydrogens (tertiary/aromatic N) is 3. The molecule has 1 aliphatic rings. The molecule has 7 nitrogen and oxygen atoms in total. The number of benzene rings is 2. The largest absolute Gasteiger partial charge is 0.350 e. The van der Waals surface area contributed by atoms with Crippen LogP contribution in [0.5, 0.6) is 0 Å². The molecule has 0 unspecified atom stereocenters. The zero-order valence-corrected chi connectivity index (χ0v) is 16.9. The molecule has 2 heterocycles. The van der Waals surface area contributed by atoms with E-state index < -0.39 is 0 Å². The topological polar surface area (TPSA) is 87.2 Å². The number of nitrogens with one attached hydrogen (secondary N) is 2. The lowest BCUT2D eigenvalue weighted by Gasteiger charge is -2.17. The van der Waals surface area contributed by atoms with Gasteiger partial charge in [0.1, 0.15) is 0 Å². The van der Waals surface area contributed by atoms with Crippen LogP contribution in [0.1, 0.15) is 16.8 Å². The van der Waals surface area contributed by atoms with Crippen LogP contribution in [0.2, 0.25) is 5.02 Å². The number of hydrogen-bond donors (Lipinski definition) is 2. The Hall–Kier alpha value is -3.45. The summed E-state index contributed by atoms with van der Waals surface area (Å²) in [6.07, 6.45) is 3.76. The van der Waals surface area contributed by atoms with Crippen LogP contribution in [-0.4, -0.2) is 45.8 Å². The van der Waals surface area contributed by atoms with Crippen molar-refractivity contribution in [1.29, 1.82) is 0 Å². The fourth-order valence-electron chi connectivity index (χ4n) is 3.38. The highest BCUT2D eigenvalue weighted by atomic mass is 35.5. The summed E-state index contributed by atoms with van der Waals surface area (Å²) in [5.74, 6) is 0.180. The summed E-state index contributed by atoms with van der Waals surface area (Å²) in [5.41, 5.74) is 1.96. The first-order chi connectivity index (χ1) is 14.5. The minimum atomic E-state index is -0.291. The third-order valence-electron chi connectivity index (χ3n) is 4.94. The minimum absolute atomic E-state index is 0.0490. The van der Waals surface area contributed by atoms with Crippen molar-refractivity contribution in [1.82, 2.24) is 14.9 Å². The molecule has 30 heavy (non-hydrogen) atoms. The third kappa shape index (κ3) is 4.41. The van der Waals surface area contributed by atoms with Crippen molar-refractivity contribution in [3.05, 3.63) is 71.9 Å². The molecule has 8 heteroatoms. The van der Waals surface area contributed by atoms with Gasteiger partial charge in [0.2, 0.25) is 11.9 Å². The number of rotatable bonds is 5. The molecule has 2 aromatic carbocycles. The fraction of sp³-hybridized carbons (Fsp3) is 0.182. The van der Waals surface area contributed by atoms with Gasteiger partial charge in [0.25, 0.3) is 5.91 Å². The van der Waals surface area contributed by atoms with Crippen LogP contribution in [0.25, 0.3) is 10.9 Å². The van der Waals surface area contributed by atoms with Gasteiger partial charge in [-0.15, -0.1) is 0 Å². The Kier molecular flexibility index (Phi) is 5.63. The van der Waals surface area contributed by atoms with E-state index in [1.54, 1.807) is 47.5 Å². The number of carbonyl (C=O) groups is 2. The molecule has 1 aliphatic heterocycles. The molecule has 2 N–H and O–H groups in total. The van der Waals surface area contributed by atoms with Crippen molar-refractivity contribution < 1.29 is 9.59 Å². The molecule has 1 saturated heterocycles. The predicted octanol–water partition coefficient (Wildman–Crippen LogP) is 3.73. The summed E-state index contributed by atoms with van der Waals surface area (Å²) in [5, 5.41) is 7.52. The van der Waals surface area contributed by atoms with Crippen molar-refractivity contribution in [2.75, 3.05) is 23.7 Å². The molecule has 0 aliphatic carbocycles. The second kappa shape index (κ2) is 8.51. The molecule has 152 valence electrons. The van der Waals surface area contributed by atoms with E-state index in [9.17, 15) is 9.59 Å². The second-order valence-corrected chi connectivity index (χ2v) is 7.49. The zero-order chi connectivity index (χ0) is 21.1. The molecular formula is C22H20ClN5O2. The zero-order valence-electron chi connectivity index (χ0n) is 16.1. The fourth-order valence-corrected chi connectivity index (χ4v) is 3.55. The number of amides is 2. The van der Waals surface area contributed by atoms with Gasteiger partial charge in [0, 0.05) is 47.0 Å². The van der Waals surface area contributed by atoms with Crippen LogP contribution < -0.4 is 10.6 Å². The van der Waals surface area contributed by atoms with Crippen molar-refractivity contribution in [3.63, 3.8) is 0 Å². The first-order valence-electron chi connectivity index (χ1n) is 9.53. The third-order valence-corrected chi connectivity index (χ3v) is 5.17. The van der Waals surface area contributed by atoms with Gasteiger partial charge in [-0.1, -0.05) is 18.2 Å². The predicted molar refractivity (Wildman–Crippen MR) is 118 cm³/mol. The summed E-state index contributed by atoms with van der Waals surface area (Å²) < 4.78 is 0. The van der Waals surface area contributed by atoms with Crippen LogP contribution in [-0.2, 0) is 4.79 Å². The molecule has 3 aromatic rings. The summed E-state index contributed by atoms with van der Waals surface area (Å²) >= 11 is 6.05. The van der Waals surface area contributed by atoms with Gasteiger partial charge < -0.3 is 15.5 Å². The van der Waals surface area contributed by atoms with Gasteiger partial charge in [-0.05, 0) is 55.0 Å². The number of aromatic nitrogens is 2. The first-order valence-corrected chi connectivity index (χ1v) is 9.91. The molecule has 0 radical (unpaired) electrons. The lowest BCUT2D eigenvalue weighted by Crippen LogP contribution is -2.31. The van der Waals surface area contributed by atoms with Crippen LogP contribution in [0, 0.1) is 0 Å². The second-order valence-electron chi connectivity index (χ2n) is 7.05. The summed E-state index contributed by atoms with van der Waals surface area (Å²) in [4.78, 5) is 34.8. The van der Waals surface area contributed by atoms with E-state index in [2.05, 4.69) is 27.2 Å². The van der Waals surface area contributed by atoms with Crippen molar-refractivity contribution in [3.8, 4) is 0 Å². The number of anilines is 2. The SMILES string of the molecule is C=CC(=O)Nc1ccc(C(=O)N2CC[C@@H](Nc3ncc4ccc(Cl)cc4n3)C2)cc1. The summed E-state index contributed by atoms with van der Waals surface area (Å²) in [6.45, 7) is 4.62. The highest BCUT2D eigenvalue weighted by molar-refractivity contribution is 6.31. The maximum absolute atomic E-state index is 12.8.